The molecule has 3 N–H and O–H groups in total. The van der Waals surface area contributed by atoms with Crippen molar-refractivity contribution >= 4 is 46.3 Å². The molecule has 5 rings (SSSR count). The fourth-order valence-corrected chi connectivity index (χ4v) is 5.07. The van der Waals surface area contributed by atoms with E-state index in [9.17, 15) is 14.0 Å². The molecule has 0 atom stereocenters. The van der Waals surface area contributed by atoms with Crippen molar-refractivity contribution < 1.29 is 18.7 Å². The number of para-hydroxylation sites is 2. The Bertz CT molecular complexity index is 1560. The van der Waals surface area contributed by atoms with Crippen LogP contribution < -0.4 is 30.5 Å². The van der Waals surface area contributed by atoms with Crippen molar-refractivity contribution in [2.75, 3.05) is 53.7 Å². The second kappa shape index (κ2) is 13.3. The summed E-state index contributed by atoms with van der Waals surface area (Å²) >= 11 is 5.83. The fourth-order valence-electron chi connectivity index (χ4n) is 4.89. The predicted molar refractivity (Wildman–Crippen MR) is 166 cm³/mol. The molecule has 8 nitrogen and oxygen atoms in total. The number of benzene rings is 4. The first kappa shape index (κ1) is 28.8. The zero-order valence-corrected chi connectivity index (χ0v) is 23.8. The van der Waals surface area contributed by atoms with Crippen molar-refractivity contribution in [1.29, 1.82) is 0 Å². The number of hydrogen-bond acceptors (Lipinski definition) is 5. The molecule has 1 aliphatic heterocycles. The summed E-state index contributed by atoms with van der Waals surface area (Å²) in [4.78, 5) is 30.6. The minimum Gasteiger partial charge on any atom is -0.495 e. The Balaban J connectivity index is 1.33. The number of hydrogen-bond donors (Lipinski definition) is 3. The molecule has 0 aromatic heterocycles. The Morgan fingerprint density at radius 1 is 0.810 bits per heavy atom. The Morgan fingerprint density at radius 2 is 1.43 bits per heavy atom. The number of halogens is 2. The zero-order chi connectivity index (χ0) is 29.5. The number of ether oxygens (including phenoxy) is 1. The van der Waals surface area contributed by atoms with E-state index in [0.29, 0.717) is 36.6 Å². The molecule has 0 aliphatic carbocycles. The van der Waals surface area contributed by atoms with Crippen molar-refractivity contribution in [3.8, 4) is 5.75 Å². The first-order valence-electron chi connectivity index (χ1n) is 13.5. The van der Waals surface area contributed by atoms with Crippen LogP contribution in [0.25, 0.3) is 0 Å². The number of methoxy groups -OCH3 is 1. The lowest BCUT2D eigenvalue weighted by Crippen LogP contribution is -2.47. The molecule has 1 saturated heterocycles. The molecule has 216 valence electrons. The lowest BCUT2D eigenvalue weighted by molar-refractivity contribution is 0.0951. The van der Waals surface area contributed by atoms with Crippen LogP contribution in [0.4, 0.5) is 31.9 Å². The first-order chi connectivity index (χ1) is 20.4. The molecule has 0 bridgehead atoms. The summed E-state index contributed by atoms with van der Waals surface area (Å²) in [6.07, 6.45) is 0. The lowest BCUT2D eigenvalue weighted by atomic mass is 10.1. The van der Waals surface area contributed by atoms with E-state index in [1.54, 1.807) is 19.2 Å². The van der Waals surface area contributed by atoms with E-state index in [2.05, 4.69) is 25.8 Å². The van der Waals surface area contributed by atoms with Gasteiger partial charge in [-0.1, -0.05) is 54.1 Å². The SMILES string of the molecule is COc1ccccc1N1CCN(c2ccc(NC(=O)Nc3ccc(F)c(Cl)c3)cc2C(=O)NCc2ccccc2)CC1. The summed E-state index contributed by atoms with van der Waals surface area (Å²) in [6.45, 7) is 3.23. The van der Waals surface area contributed by atoms with E-state index in [4.69, 9.17) is 16.3 Å². The van der Waals surface area contributed by atoms with Crippen molar-refractivity contribution in [2.45, 2.75) is 6.54 Å². The van der Waals surface area contributed by atoms with Gasteiger partial charge in [0.25, 0.3) is 5.91 Å². The standard InChI is InChI=1S/C32H31ClFN5O3/c1-42-30-10-6-5-9-29(30)39-17-15-38(16-18-39)28-14-12-23(36-32(41)37-24-11-13-27(34)26(33)20-24)19-25(28)31(40)35-21-22-7-3-2-4-8-22/h2-14,19-20H,15-18,21H2,1H3,(H,35,40)(H2,36,37,41). The Morgan fingerprint density at radius 3 is 2.12 bits per heavy atom. The maximum absolute atomic E-state index is 13.5. The highest BCUT2D eigenvalue weighted by Gasteiger charge is 2.24. The Kier molecular flexibility index (Phi) is 9.08. The van der Waals surface area contributed by atoms with Crippen LogP contribution in [0.1, 0.15) is 15.9 Å². The molecule has 1 aliphatic rings. The van der Waals surface area contributed by atoms with Gasteiger partial charge in [0.15, 0.2) is 0 Å². The van der Waals surface area contributed by atoms with Gasteiger partial charge in [-0.2, -0.15) is 0 Å². The molecule has 3 amide bonds. The molecule has 4 aromatic carbocycles. The second-order valence-electron chi connectivity index (χ2n) is 9.75. The number of piperazine rings is 1. The Hall–Kier alpha value is -4.76. The molecular formula is C32H31ClFN5O3. The Labute approximate surface area is 249 Å². The van der Waals surface area contributed by atoms with Gasteiger partial charge >= 0.3 is 6.03 Å². The summed E-state index contributed by atoms with van der Waals surface area (Å²) < 4.78 is 19.0. The molecule has 4 aromatic rings. The van der Waals surface area contributed by atoms with Crippen LogP contribution >= 0.6 is 11.6 Å². The van der Waals surface area contributed by atoms with Crippen molar-refractivity contribution in [3.63, 3.8) is 0 Å². The van der Waals surface area contributed by atoms with Crippen LogP contribution in [0, 0.1) is 5.82 Å². The molecule has 10 heteroatoms. The van der Waals surface area contributed by atoms with Gasteiger partial charge in [-0.3, -0.25) is 4.79 Å². The van der Waals surface area contributed by atoms with E-state index in [1.165, 1.54) is 18.2 Å². The van der Waals surface area contributed by atoms with Crippen LogP contribution in [0.5, 0.6) is 5.75 Å². The minimum absolute atomic E-state index is 0.0969. The second-order valence-corrected chi connectivity index (χ2v) is 10.2. The van der Waals surface area contributed by atoms with E-state index in [0.717, 1.165) is 35.8 Å². The van der Waals surface area contributed by atoms with Crippen molar-refractivity contribution in [1.82, 2.24) is 5.32 Å². The highest BCUT2D eigenvalue weighted by molar-refractivity contribution is 6.31. The number of anilines is 4. The largest absolute Gasteiger partial charge is 0.495 e. The first-order valence-corrected chi connectivity index (χ1v) is 13.9. The van der Waals surface area contributed by atoms with Gasteiger partial charge in [-0.25, -0.2) is 9.18 Å². The van der Waals surface area contributed by atoms with Gasteiger partial charge in [0.1, 0.15) is 11.6 Å². The van der Waals surface area contributed by atoms with Crippen molar-refractivity contribution in [3.05, 3.63) is 113 Å². The van der Waals surface area contributed by atoms with Gasteiger partial charge in [-0.15, -0.1) is 0 Å². The summed E-state index contributed by atoms with van der Waals surface area (Å²) in [5.41, 5.74) is 4.00. The van der Waals surface area contributed by atoms with E-state index in [-0.39, 0.29) is 10.9 Å². The third kappa shape index (κ3) is 6.92. The average molecular weight is 588 g/mol. The molecule has 42 heavy (non-hydrogen) atoms. The monoisotopic (exact) mass is 587 g/mol. The lowest BCUT2D eigenvalue weighted by Gasteiger charge is -2.38. The van der Waals surface area contributed by atoms with Crippen LogP contribution in [0.3, 0.4) is 0 Å². The molecule has 0 radical (unpaired) electrons. The van der Waals surface area contributed by atoms with Crippen LogP contribution in [0.15, 0.2) is 91.0 Å². The summed E-state index contributed by atoms with van der Waals surface area (Å²) in [5, 5.41) is 8.30. The summed E-state index contributed by atoms with van der Waals surface area (Å²) in [5.74, 6) is -0.00737. The quantitative estimate of drug-likeness (QED) is 0.222. The molecule has 0 spiro atoms. The topological polar surface area (TPSA) is 85.9 Å². The number of rotatable bonds is 8. The normalized spacial score (nSPS) is 12.9. The van der Waals surface area contributed by atoms with Crippen LogP contribution in [0.2, 0.25) is 5.02 Å². The number of nitrogens with one attached hydrogen (secondary N) is 3. The van der Waals surface area contributed by atoms with E-state index in [1.807, 2.05) is 60.7 Å². The number of carbonyl (C=O) groups is 2. The van der Waals surface area contributed by atoms with Crippen molar-refractivity contribution in [2.24, 2.45) is 0 Å². The van der Waals surface area contributed by atoms with E-state index >= 15 is 0 Å². The fraction of sp³-hybridized carbons (Fsp3) is 0.188. The predicted octanol–water partition coefficient (Wildman–Crippen LogP) is 6.39. The van der Waals surface area contributed by atoms with Crippen LogP contribution in [-0.2, 0) is 6.54 Å². The van der Waals surface area contributed by atoms with Crippen LogP contribution in [-0.4, -0.2) is 45.2 Å². The van der Waals surface area contributed by atoms with Gasteiger partial charge in [-0.05, 0) is 54.1 Å². The smallest absolute Gasteiger partial charge is 0.323 e. The number of amides is 3. The summed E-state index contributed by atoms with van der Waals surface area (Å²) in [6, 6.07) is 26.2. The molecular weight excluding hydrogens is 557 g/mol. The number of urea groups is 1. The maximum atomic E-state index is 13.5. The molecule has 1 fully saturated rings. The summed E-state index contributed by atoms with van der Waals surface area (Å²) in [7, 11) is 1.67. The third-order valence-corrected chi connectivity index (χ3v) is 7.31. The molecule has 0 saturated carbocycles. The van der Waals surface area contributed by atoms with Gasteiger partial charge in [0.05, 0.1) is 23.4 Å². The highest BCUT2D eigenvalue weighted by atomic mass is 35.5. The zero-order valence-electron chi connectivity index (χ0n) is 23.1. The molecule has 0 unspecified atom stereocenters. The van der Waals surface area contributed by atoms with Gasteiger partial charge in [0, 0.05) is 49.8 Å². The van der Waals surface area contributed by atoms with Gasteiger partial charge < -0.3 is 30.5 Å². The average Bonchev–Trinajstić information content (AvgIpc) is 3.02. The minimum atomic E-state index is -0.576. The number of nitrogens with zero attached hydrogens (tertiary/aromatic N) is 2. The maximum Gasteiger partial charge on any atom is 0.323 e. The highest BCUT2D eigenvalue weighted by Crippen LogP contribution is 2.31. The number of carbonyl (C=O) groups excluding carboxylic acids is 2. The van der Waals surface area contributed by atoms with Gasteiger partial charge in [0.2, 0.25) is 0 Å². The molecule has 1 heterocycles. The van der Waals surface area contributed by atoms with E-state index < -0.39 is 11.8 Å². The third-order valence-electron chi connectivity index (χ3n) is 7.02.